The van der Waals surface area contributed by atoms with E-state index >= 15 is 0 Å². The molecule has 4 heterocycles. The summed E-state index contributed by atoms with van der Waals surface area (Å²) in [5, 5.41) is 8.11. The van der Waals surface area contributed by atoms with Gasteiger partial charge in [0.05, 0.1) is 0 Å². The average molecular weight is 388 g/mol. The minimum atomic E-state index is 0.533. The Morgan fingerprint density at radius 3 is 2.69 bits per heavy atom. The largest absolute Gasteiger partial charge is 0.366 e. The number of nitrogens with one attached hydrogen (secondary N) is 1. The van der Waals surface area contributed by atoms with Crippen LogP contribution in [-0.2, 0) is 6.54 Å². The molecule has 1 N–H and O–H groups in total. The average Bonchev–Trinajstić information content (AvgIpc) is 3.44. The maximum Gasteiger partial charge on any atom is 0.151 e. The van der Waals surface area contributed by atoms with Crippen LogP contribution in [0.2, 0.25) is 0 Å². The van der Waals surface area contributed by atoms with Gasteiger partial charge in [-0.05, 0) is 55.9 Å². The predicted octanol–water partition coefficient (Wildman–Crippen LogP) is 2.12. The van der Waals surface area contributed by atoms with Gasteiger partial charge >= 0.3 is 0 Å². The van der Waals surface area contributed by atoms with Gasteiger partial charge in [-0.15, -0.1) is 0 Å². The van der Waals surface area contributed by atoms with Crippen LogP contribution in [0.15, 0.2) is 36.8 Å². The summed E-state index contributed by atoms with van der Waals surface area (Å²) in [6.45, 7) is 3.14. The van der Waals surface area contributed by atoms with Crippen molar-refractivity contribution in [3.63, 3.8) is 0 Å². The van der Waals surface area contributed by atoms with E-state index in [0.29, 0.717) is 5.92 Å². The lowest BCUT2D eigenvalue weighted by atomic mass is 9.92. The Balaban J connectivity index is 1.36. The van der Waals surface area contributed by atoms with Crippen molar-refractivity contribution in [2.75, 3.05) is 18.4 Å². The molecule has 7 heteroatoms. The Morgan fingerprint density at radius 1 is 1.10 bits per heavy atom. The van der Waals surface area contributed by atoms with Gasteiger partial charge in [-0.1, -0.05) is 18.9 Å². The van der Waals surface area contributed by atoms with Crippen LogP contribution in [0.1, 0.15) is 55.7 Å². The Morgan fingerprint density at radius 2 is 1.93 bits per heavy atom. The zero-order valence-electron chi connectivity index (χ0n) is 17.2. The van der Waals surface area contributed by atoms with E-state index in [1.54, 1.807) is 6.20 Å². The number of pyridine rings is 1. The van der Waals surface area contributed by atoms with Crippen LogP contribution >= 0.6 is 0 Å². The van der Waals surface area contributed by atoms with Crippen LogP contribution in [0.4, 0.5) is 5.82 Å². The van der Waals surface area contributed by atoms with Gasteiger partial charge in [-0.2, -0.15) is 9.61 Å². The zero-order valence-corrected chi connectivity index (χ0v) is 17.2. The number of nitrogens with zero attached hydrogens (tertiary/aromatic N) is 5. The smallest absolute Gasteiger partial charge is 0.151 e. The molecule has 0 bridgehead atoms. The zero-order chi connectivity index (χ0) is 19.6. The van der Waals surface area contributed by atoms with E-state index in [1.807, 2.05) is 23.0 Å². The number of aromatic nitrogens is 4. The van der Waals surface area contributed by atoms with Gasteiger partial charge in [-0.25, -0.2) is 4.98 Å². The minimum absolute atomic E-state index is 0.533. The summed E-state index contributed by atoms with van der Waals surface area (Å²) in [6, 6.07) is 7.11. The normalized spacial score (nSPS) is 19.2. The van der Waals surface area contributed by atoms with Crippen molar-refractivity contribution in [1.82, 2.24) is 24.5 Å². The molecule has 0 atom stereocenters. The van der Waals surface area contributed by atoms with Crippen LogP contribution in [0, 0.1) is 0 Å². The highest BCUT2D eigenvalue weighted by atomic mass is 15.3. The molecule has 1 saturated heterocycles. The third-order valence-corrected chi connectivity index (χ3v) is 6.65. The molecule has 1 aliphatic heterocycles. The van der Waals surface area contributed by atoms with Gasteiger partial charge in [0, 0.05) is 48.9 Å². The topological polar surface area (TPSA) is 58.4 Å². The van der Waals surface area contributed by atoms with E-state index in [-0.39, 0.29) is 0 Å². The first-order chi connectivity index (χ1) is 14.3. The molecule has 2 fully saturated rings. The van der Waals surface area contributed by atoms with Gasteiger partial charge < -0.3 is 10.2 Å². The Bertz CT molecular complexity index is 958. The van der Waals surface area contributed by atoms with E-state index in [0.717, 1.165) is 35.1 Å². The summed E-state index contributed by atoms with van der Waals surface area (Å²) >= 11 is 0. The van der Waals surface area contributed by atoms with Crippen molar-refractivity contribution in [3.8, 4) is 0 Å². The number of hydrogen-bond donors (Lipinski definition) is 1. The lowest BCUT2D eigenvalue weighted by molar-refractivity contribution is 0.153. The highest BCUT2D eigenvalue weighted by Crippen LogP contribution is 2.32. The standard InChI is InChI=1S/C22H29BN6/c23-19-15-26-29-21(25-14-16-4-3-9-24-13-16)12-20(27-22(19)29)17-7-10-28(11-8-17)18-5-1-2-6-18/h3-4,9,12-13,15,17-18,25H,1-2,5-8,10-11,14,23H2. The van der Waals surface area contributed by atoms with E-state index in [4.69, 9.17) is 4.98 Å². The summed E-state index contributed by atoms with van der Waals surface area (Å²) in [5.41, 5.74) is 4.46. The van der Waals surface area contributed by atoms with Crippen LogP contribution in [-0.4, -0.2) is 51.5 Å². The van der Waals surface area contributed by atoms with E-state index in [2.05, 4.69) is 40.3 Å². The fourth-order valence-corrected chi connectivity index (χ4v) is 4.95. The first-order valence-corrected chi connectivity index (χ1v) is 11.0. The maximum absolute atomic E-state index is 5.03. The third-order valence-electron chi connectivity index (χ3n) is 6.65. The van der Waals surface area contributed by atoms with Gasteiger partial charge in [0.15, 0.2) is 5.65 Å². The van der Waals surface area contributed by atoms with Gasteiger partial charge in [0.2, 0.25) is 0 Å². The van der Waals surface area contributed by atoms with E-state index in [1.165, 1.54) is 57.3 Å². The number of rotatable bonds is 5. The second-order valence-corrected chi connectivity index (χ2v) is 8.59. The molecule has 1 saturated carbocycles. The van der Waals surface area contributed by atoms with Crippen LogP contribution in [0.25, 0.3) is 5.65 Å². The molecule has 3 aromatic rings. The summed E-state index contributed by atoms with van der Waals surface area (Å²) in [7, 11) is 2.09. The second-order valence-electron chi connectivity index (χ2n) is 8.59. The van der Waals surface area contributed by atoms with Gasteiger partial charge in [0.25, 0.3) is 0 Å². The highest BCUT2D eigenvalue weighted by Gasteiger charge is 2.28. The fraction of sp³-hybridized carbons (Fsp3) is 0.500. The molecule has 0 radical (unpaired) electrons. The van der Waals surface area contributed by atoms with Crippen LogP contribution in [0.5, 0.6) is 0 Å². The van der Waals surface area contributed by atoms with Crippen LogP contribution in [0.3, 0.4) is 0 Å². The molecule has 2 aliphatic rings. The summed E-state index contributed by atoms with van der Waals surface area (Å²) in [6.07, 6.45) is 13.6. The number of anilines is 1. The molecule has 3 aromatic heterocycles. The van der Waals surface area contributed by atoms with E-state index < -0.39 is 0 Å². The number of likely N-dealkylation sites (tertiary alicyclic amines) is 1. The van der Waals surface area contributed by atoms with Crippen molar-refractivity contribution in [1.29, 1.82) is 0 Å². The molecule has 1 aliphatic carbocycles. The highest BCUT2D eigenvalue weighted by molar-refractivity contribution is 6.36. The fourth-order valence-electron chi connectivity index (χ4n) is 4.95. The molecular formula is C22H29BN6. The lowest BCUT2D eigenvalue weighted by Gasteiger charge is -2.36. The summed E-state index contributed by atoms with van der Waals surface area (Å²) < 4.78 is 1.93. The molecule has 6 nitrogen and oxygen atoms in total. The molecule has 150 valence electrons. The molecule has 0 spiro atoms. The van der Waals surface area contributed by atoms with Crippen molar-refractivity contribution >= 4 is 24.8 Å². The van der Waals surface area contributed by atoms with Crippen molar-refractivity contribution < 1.29 is 0 Å². The quantitative estimate of drug-likeness (QED) is 0.679. The predicted molar refractivity (Wildman–Crippen MR) is 119 cm³/mol. The Kier molecular flexibility index (Phi) is 5.23. The SMILES string of the molecule is Bc1cnn2c(NCc3cccnc3)cc(C3CCN(C4CCCC4)CC3)nc12. The van der Waals surface area contributed by atoms with Crippen LogP contribution < -0.4 is 10.8 Å². The van der Waals surface area contributed by atoms with Gasteiger partial charge in [-0.3, -0.25) is 4.98 Å². The molecule has 0 amide bonds. The number of piperidine rings is 1. The Hall–Kier alpha value is -2.41. The lowest BCUT2D eigenvalue weighted by Crippen LogP contribution is -2.39. The third kappa shape index (κ3) is 3.88. The first kappa shape index (κ1) is 18.6. The van der Waals surface area contributed by atoms with Crippen molar-refractivity contribution in [2.24, 2.45) is 0 Å². The monoisotopic (exact) mass is 388 g/mol. The minimum Gasteiger partial charge on any atom is -0.366 e. The summed E-state index contributed by atoms with van der Waals surface area (Å²) in [4.78, 5) is 12.0. The molecule has 29 heavy (non-hydrogen) atoms. The van der Waals surface area contributed by atoms with E-state index in [9.17, 15) is 0 Å². The number of hydrogen-bond acceptors (Lipinski definition) is 5. The first-order valence-electron chi connectivity index (χ1n) is 11.0. The second kappa shape index (κ2) is 8.15. The maximum atomic E-state index is 5.03. The van der Waals surface area contributed by atoms with Crippen molar-refractivity contribution in [2.45, 2.75) is 57.0 Å². The van der Waals surface area contributed by atoms with Crippen molar-refractivity contribution in [3.05, 3.63) is 48.0 Å². The summed E-state index contributed by atoms with van der Waals surface area (Å²) in [5.74, 6) is 1.55. The Labute approximate surface area is 173 Å². The molecule has 0 unspecified atom stereocenters. The number of fused-ring (bicyclic) bond motifs is 1. The molecular weight excluding hydrogens is 359 g/mol. The molecule has 5 rings (SSSR count). The van der Waals surface area contributed by atoms with Gasteiger partial charge in [0.1, 0.15) is 13.7 Å². The molecule has 0 aromatic carbocycles.